The molecule has 32 heavy (non-hydrogen) atoms. The van der Waals surface area contributed by atoms with E-state index in [0.717, 1.165) is 18.2 Å². The molecular weight excluding hydrogens is 453 g/mol. The summed E-state index contributed by atoms with van der Waals surface area (Å²) < 4.78 is 92.9. The molecule has 1 aromatic heterocycles. The molecule has 1 aliphatic rings. The Morgan fingerprint density at radius 3 is 2.34 bits per heavy atom. The Morgan fingerprint density at radius 2 is 1.81 bits per heavy atom. The monoisotopic (exact) mass is 468 g/mol. The van der Waals surface area contributed by atoms with Crippen LogP contribution in [0.2, 0.25) is 0 Å². The molecule has 2 aromatic rings. The smallest absolute Gasteiger partial charge is 0.403 e. The number of anilines is 1. The Balaban J connectivity index is 1.97. The number of nitrogens with one attached hydrogen (secondary N) is 4. The van der Waals surface area contributed by atoms with Crippen molar-refractivity contribution in [3.05, 3.63) is 56.0 Å². The van der Waals surface area contributed by atoms with Gasteiger partial charge in [0.15, 0.2) is 11.6 Å². The molecule has 1 heterocycles. The molecule has 174 valence electrons. The summed E-state index contributed by atoms with van der Waals surface area (Å²) in [7, 11) is 0. The van der Waals surface area contributed by atoms with E-state index in [1.807, 2.05) is 0 Å². The van der Waals surface area contributed by atoms with Gasteiger partial charge in [0.05, 0.1) is 18.2 Å². The number of aromatic amines is 2. The van der Waals surface area contributed by atoms with E-state index in [4.69, 9.17) is 5.41 Å². The van der Waals surface area contributed by atoms with E-state index in [-0.39, 0.29) is 11.5 Å². The van der Waals surface area contributed by atoms with E-state index in [1.165, 1.54) is 0 Å². The van der Waals surface area contributed by atoms with Gasteiger partial charge >= 0.3 is 18.2 Å². The Kier molecular flexibility index (Phi) is 6.07. The first-order chi connectivity index (χ1) is 14.7. The fourth-order valence-electron chi connectivity index (χ4n) is 3.15. The number of H-pyrrole nitrogens is 2. The van der Waals surface area contributed by atoms with Crippen molar-refractivity contribution in [2.24, 2.45) is 5.92 Å². The van der Waals surface area contributed by atoms with Gasteiger partial charge < -0.3 is 15.5 Å². The molecule has 3 rings (SSSR count). The number of alkyl halides is 6. The van der Waals surface area contributed by atoms with Crippen LogP contribution in [0.5, 0.6) is 5.75 Å². The fraction of sp³-hybridized carbons (Fsp3) is 0.389. The lowest BCUT2D eigenvalue weighted by Crippen LogP contribution is -2.32. The van der Waals surface area contributed by atoms with E-state index < -0.39 is 64.9 Å². The normalized spacial score (nSPS) is 15.3. The predicted molar refractivity (Wildman–Crippen MR) is 97.4 cm³/mol. The minimum Gasteiger partial charge on any atom is -0.403 e. The highest BCUT2D eigenvalue weighted by Gasteiger charge is 2.37. The lowest BCUT2D eigenvalue weighted by atomic mass is 10.0. The van der Waals surface area contributed by atoms with Gasteiger partial charge in [-0.25, -0.2) is 9.18 Å². The molecule has 1 atom stereocenters. The van der Waals surface area contributed by atoms with E-state index in [0.29, 0.717) is 12.8 Å². The molecular formula is C18H15F7N4O3. The predicted octanol–water partition coefficient (Wildman–Crippen LogP) is 3.98. The summed E-state index contributed by atoms with van der Waals surface area (Å²) in [5.41, 5.74) is -4.07. The van der Waals surface area contributed by atoms with Gasteiger partial charge in [-0.15, -0.1) is 13.2 Å². The SMILES string of the molecule is N=C(CC(F)(F)F)c1c(NC(c2ccc(OC(F)(F)F)c(F)c2)C2CC2)[nH]c(=O)[nH]c1=O. The second kappa shape index (κ2) is 8.31. The number of hydrogen-bond donors (Lipinski definition) is 4. The third kappa shape index (κ3) is 5.88. The Morgan fingerprint density at radius 1 is 1.16 bits per heavy atom. The molecule has 14 heteroatoms. The van der Waals surface area contributed by atoms with Crippen LogP contribution in [0.25, 0.3) is 0 Å². The van der Waals surface area contributed by atoms with E-state index >= 15 is 0 Å². The molecule has 1 unspecified atom stereocenters. The van der Waals surface area contributed by atoms with Crippen LogP contribution in [-0.4, -0.2) is 28.2 Å². The van der Waals surface area contributed by atoms with Crippen LogP contribution in [0.1, 0.15) is 36.4 Å². The van der Waals surface area contributed by atoms with Gasteiger partial charge in [-0.1, -0.05) is 6.07 Å². The third-order valence-corrected chi connectivity index (χ3v) is 4.56. The maximum absolute atomic E-state index is 14.2. The van der Waals surface area contributed by atoms with Crippen molar-refractivity contribution in [3.63, 3.8) is 0 Å². The highest BCUT2D eigenvalue weighted by molar-refractivity contribution is 6.02. The molecule has 4 N–H and O–H groups in total. The number of benzene rings is 1. The Hall–Kier alpha value is -3.32. The minimum absolute atomic E-state index is 0.106. The summed E-state index contributed by atoms with van der Waals surface area (Å²) >= 11 is 0. The van der Waals surface area contributed by atoms with Crippen LogP contribution in [-0.2, 0) is 0 Å². The van der Waals surface area contributed by atoms with Crippen LogP contribution in [0.4, 0.5) is 36.6 Å². The van der Waals surface area contributed by atoms with Crippen molar-refractivity contribution in [3.8, 4) is 5.75 Å². The molecule has 7 nitrogen and oxygen atoms in total. The first-order valence-corrected chi connectivity index (χ1v) is 9.06. The molecule has 1 aromatic carbocycles. The van der Waals surface area contributed by atoms with Gasteiger partial charge in [0.2, 0.25) is 0 Å². The number of aromatic nitrogens is 2. The standard InChI is InChI=1S/C18H15F7N4O3/c19-9-5-8(3-4-11(9)32-18(23,24)25)13(7-1-2-7)27-14-12(10(26)6-17(20,21)22)15(30)29-16(31)28-14/h3-5,7,13,26H,1-2,6H2,(H3,27,28,29,30,31). The highest BCUT2D eigenvalue weighted by Crippen LogP contribution is 2.43. The van der Waals surface area contributed by atoms with Gasteiger partial charge in [-0.05, 0) is 36.5 Å². The van der Waals surface area contributed by atoms with Crippen molar-refractivity contribution >= 4 is 11.5 Å². The summed E-state index contributed by atoms with van der Waals surface area (Å²) in [6, 6.07) is 1.73. The van der Waals surface area contributed by atoms with Crippen LogP contribution in [0.3, 0.4) is 0 Å². The summed E-state index contributed by atoms with van der Waals surface area (Å²) in [5.74, 6) is -3.11. The van der Waals surface area contributed by atoms with Gasteiger partial charge in [0.25, 0.3) is 5.56 Å². The van der Waals surface area contributed by atoms with Crippen LogP contribution >= 0.6 is 0 Å². The summed E-state index contributed by atoms with van der Waals surface area (Å²) in [6.45, 7) is 0. The molecule has 0 bridgehead atoms. The van der Waals surface area contributed by atoms with Gasteiger partial charge in [0, 0.05) is 0 Å². The first kappa shape index (κ1) is 23.3. The maximum Gasteiger partial charge on any atom is 0.573 e. The topological polar surface area (TPSA) is 111 Å². The molecule has 1 fully saturated rings. The molecule has 0 spiro atoms. The number of hydrogen-bond acceptors (Lipinski definition) is 5. The van der Waals surface area contributed by atoms with Crippen molar-refractivity contribution in [2.75, 3.05) is 5.32 Å². The third-order valence-electron chi connectivity index (χ3n) is 4.56. The van der Waals surface area contributed by atoms with Crippen molar-refractivity contribution in [2.45, 2.75) is 37.8 Å². The number of halogens is 7. The van der Waals surface area contributed by atoms with Crippen LogP contribution < -0.4 is 21.3 Å². The largest absolute Gasteiger partial charge is 0.573 e. The maximum atomic E-state index is 14.2. The minimum atomic E-state index is -5.12. The quantitative estimate of drug-likeness (QED) is 0.364. The zero-order valence-corrected chi connectivity index (χ0v) is 15.9. The van der Waals surface area contributed by atoms with Crippen LogP contribution in [0, 0.1) is 17.1 Å². The summed E-state index contributed by atoms with van der Waals surface area (Å²) in [4.78, 5) is 27.7. The lowest BCUT2D eigenvalue weighted by molar-refractivity contribution is -0.275. The highest BCUT2D eigenvalue weighted by atomic mass is 19.4. The number of ether oxygens (including phenoxy) is 1. The van der Waals surface area contributed by atoms with E-state index in [2.05, 4.69) is 15.0 Å². The Bertz CT molecular complexity index is 1130. The average molecular weight is 468 g/mol. The van der Waals surface area contributed by atoms with Gasteiger partial charge in [-0.2, -0.15) is 13.2 Å². The zero-order chi connectivity index (χ0) is 23.8. The van der Waals surface area contributed by atoms with Crippen LogP contribution in [0.15, 0.2) is 27.8 Å². The Labute approximate surface area is 174 Å². The molecule has 1 saturated carbocycles. The molecule has 0 saturated heterocycles. The second-order valence-corrected chi connectivity index (χ2v) is 7.13. The number of rotatable bonds is 7. The van der Waals surface area contributed by atoms with Gasteiger partial charge in [0.1, 0.15) is 11.4 Å². The lowest BCUT2D eigenvalue weighted by Gasteiger charge is -2.22. The molecule has 0 amide bonds. The van der Waals surface area contributed by atoms with E-state index in [9.17, 15) is 40.3 Å². The second-order valence-electron chi connectivity index (χ2n) is 7.13. The average Bonchev–Trinajstić information content (AvgIpc) is 3.43. The first-order valence-electron chi connectivity index (χ1n) is 9.06. The van der Waals surface area contributed by atoms with E-state index in [1.54, 1.807) is 4.98 Å². The van der Waals surface area contributed by atoms with Gasteiger partial charge in [-0.3, -0.25) is 14.8 Å². The van der Waals surface area contributed by atoms with Crippen molar-refractivity contribution in [1.82, 2.24) is 9.97 Å². The summed E-state index contributed by atoms with van der Waals surface area (Å²) in [6.07, 6.45) is -10.5. The molecule has 0 aliphatic heterocycles. The fourth-order valence-corrected chi connectivity index (χ4v) is 3.15. The van der Waals surface area contributed by atoms with Crippen molar-refractivity contribution < 1.29 is 35.5 Å². The molecule has 0 radical (unpaired) electrons. The molecule has 1 aliphatic carbocycles. The summed E-state index contributed by atoms with van der Waals surface area (Å²) in [5, 5.41) is 10.3. The zero-order valence-electron chi connectivity index (χ0n) is 15.9. The van der Waals surface area contributed by atoms with Crippen molar-refractivity contribution in [1.29, 1.82) is 5.41 Å².